The lowest BCUT2D eigenvalue weighted by molar-refractivity contribution is -0.145. The third-order valence-electron chi connectivity index (χ3n) is 10.3. The molecule has 1 N–H and O–H groups in total. The molecule has 1 saturated carbocycles. The molecule has 2 aliphatic rings. The van der Waals surface area contributed by atoms with Crippen LogP contribution in [0.15, 0.2) is 48.5 Å². The number of piperidine rings is 1. The van der Waals surface area contributed by atoms with Gasteiger partial charge in [0.25, 0.3) is 0 Å². The molecule has 1 unspecified atom stereocenters. The number of benzene rings is 2. The smallest absolute Gasteiger partial charge is 0.321 e. The van der Waals surface area contributed by atoms with Gasteiger partial charge in [-0.05, 0) is 112 Å². The van der Waals surface area contributed by atoms with Gasteiger partial charge >= 0.3 is 5.97 Å². The molecule has 0 bridgehead atoms. The van der Waals surface area contributed by atoms with Gasteiger partial charge in [0, 0.05) is 37.2 Å². The molecule has 0 spiro atoms. The van der Waals surface area contributed by atoms with Crippen LogP contribution in [0, 0.1) is 17.7 Å². The van der Waals surface area contributed by atoms with Gasteiger partial charge < -0.3 is 19.5 Å². The van der Waals surface area contributed by atoms with E-state index in [1.807, 2.05) is 39.1 Å². The molecular weight excluding hydrogens is 583 g/mol. The predicted octanol–water partition coefficient (Wildman–Crippen LogP) is 6.43. The first-order chi connectivity index (χ1) is 22.1. The monoisotopic (exact) mass is 634 g/mol. The highest BCUT2D eigenvalue weighted by Crippen LogP contribution is 2.44. The molecule has 2 fully saturated rings. The molecule has 2 aromatic carbocycles. The maximum absolute atomic E-state index is 14.3. The lowest BCUT2D eigenvalue weighted by Crippen LogP contribution is -2.47. The zero-order valence-electron chi connectivity index (χ0n) is 28.3. The lowest BCUT2D eigenvalue weighted by Gasteiger charge is -2.35. The summed E-state index contributed by atoms with van der Waals surface area (Å²) in [4.78, 5) is 16.8. The second-order valence-corrected chi connectivity index (χ2v) is 13.6. The van der Waals surface area contributed by atoms with Crippen LogP contribution in [0.5, 0.6) is 11.5 Å². The second kappa shape index (κ2) is 15.0. The topological polar surface area (TPSA) is 80.1 Å². The van der Waals surface area contributed by atoms with Crippen LogP contribution in [-0.2, 0) is 17.8 Å². The molecule has 1 aliphatic heterocycles. The van der Waals surface area contributed by atoms with E-state index in [0.717, 1.165) is 86.6 Å². The molecule has 3 aromatic rings. The number of carbonyl (C=O) groups is 1. The van der Waals surface area contributed by atoms with E-state index in [9.17, 15) is 14.3 Å². The molecule has 1 saturated heterocycles. The standard InChI is InChI=1S/C37H51FN4O4/c1-7-42-33(21-30(39-42)17-25-11-12-34(45-5)35(18-25)46-6)26-13-15-41(16-14-26)23-28-20-31(40(4)36(24(2)3)37(43)44)22-32(28)27-9-8-10-29(38)19-27/h8-12,18-19,21,24,26,28,31-32,36H,7,13-17,20,22-23H2,1-6H3,(H,43,44)/t28-,31?,32-,36-/m1/s1. The van der Waals surface area contributed by atoms with E-state index in [1.54, 1.807) is 26.4 Å². The SMILES string of the molecule is CCn1nc(Cc2ccc(OC)c(OC)c2)cc1C1CCN(C[C@H]2CC(N(C)[C@@H](C(=O)O)C(C)C)C[C@@H]2c2cccc(F)c2)CC1. The first-order valence-electron chi connectivity index (χ1n) is 16.8. The number of aryl methyl sites for hydroxylation is 1. The molecule has 2 heterocycles. The number of carboxylic acids is 1. The fourth-order valence-electron chi connectivity index (χ4n) is 8.03. The summed E-state index contributed by atoms with van der Waals surface area (Å²) in [5.74, 6) is 1.45. The van der Waals surface area contributed by atoms with Crippen molar-refractivity contribution in [2.24, 2.45) is 11.8 Å². The highest BCUT2D eigenvalue weighted by atomic mass is 19.1. The van der Waals surface area contributed by atoms with Crippen LogP contribution in [0.1, 0.15) is 80.8 Å². The Morgan fingerprint density at radius 1 is 1.07 bits per heavy atom. The number of nitrogens with zero attached hydrogens (tertiary/aromatic N) is 4. The Kier molecular flexibility index (Phi) is 11.1. The molecular formula is C37H51FN4O4. The number of likely N-dealkylation sites (N-methyl/N-ethyl adjacent to an activating group) is 1. The van der Waals surface area contributed by atoms with Crippen molar-refractivity contribution in [3.8, 4) is 11.5 Å². The van der Waals surface area contributed by atoms with E-state index in [1.165, 1.54) is 11.8 Å². The summed E-state index contributed by atoms with van der Waals surface area (Å²) in [6.07, 6.45) is 4.62. The molecule has 1 aliphatic carbocycles. The number of aromatic nitrogens is 2. The van der Waals surface area contributed by atoms with Crippen LogP contribution in [0.4, 0.5) is 4.39 Å². The Bertz CT molecular complexity index is 1470. The molecule has 1 aromatic heterocycles. The van der Waals surface area contributed by atoms with E-state index < -0.39 is 12.0 Å². The van der Waals surface area contributed by atoms with Crippen LogP contribution in [0.25, 0.3) is 0 Å². The minimum Gasteiger partial charge on any atom is -0.493 e. The van der Waals surface area contributed by atoms with Crippen molar-refractivity contribution in [2.45, 2.75) is 83.3 Å². The van der Waals surface area contributed by atoms with E-state index in [4.69, 9.17) is 14.6 Å². The molecule has 0 amide bonds. The number of aliphatic carboxylic acids is 1. The van der Waals surface area contributed by atoms with Gasteiger partial charge in [-0.3, -0.25) is 14.4 Å². The van der Waals surface area contributed by atoms with Crippen molar-refractivity contribution in [1.82, 2.24) is 19.6 Å². The van der Waals surface area contributed by atoms with Gasteiger partial charge in [-0.25, -0.2) is 4.39 Å². The van der Waals surface area contributed by atoms with Gasteiger partial charge in [0.15, 0.2) is 11.5 Å². The number of rotatable bonds is 13. The number of hydrogen-bond donors (Lipinski definition) is 1. The molecule has 46 heavy (non-hydrogen) atoms. The second-order valence-electron chi connectivity index (χ2n) is 13.6. The lowest BCUT2D eigenvalue weighted by atomic mass is 9.87. The number of ether oxygens (including phenoxy) is 2. The summed E-state index contributed by atoms with van der Waals surface area (Å²) >= 11 is 0. The summed E-state index contributed by atoms with van der Waals surface area (Å²) in [5, 5.41) is 14.9. The van der Waals surface area contributed by atoms with Gasteiger partial charge in [-0.2, -0.15) is 5.10 Å². The van der Waals surface area contributed by atoms with E-state index >= 15 is 0 Å². The molecule has 4 atom stereocenters. The summed E-state index contributed by atoms with van der Waals surface area (Å²) in [7, 11) is 5.26. The minimum atomic E-state index is -0.775. The third kappa shape index (κ3) is 7.58. The van der Waals surface area contributed by atoms with Gasteiger partial charge in [0.1, 0.15) is 11.9 Å². The summed E-state index contributed by atoms with van der Waals surface area (Å²) < 4.78 is 27.4. The van der Waals surface area contributed by atoms with E-state index in [2.05, 4.69) is 33.5 Å². The fraction of sp³-hybridized carbons (Fsp3) is 0.568. The van der Waals surface area contributed by atoms with E-state index in [-0.39, 0.29) is 23.7 Å². The Labute approximate surface area is 273 Å². The molecule has 250 valence electrons. The van der Waals surface area contributed by atoms with Crippen molar-refractivity contribution in [2.75, 3.05) is 40.9 Å². The third-order valence-corrected chi connectivity index (χ3v) is 10.3. The first-order valence-corrected chi connectivity index (χ1v) is 16.8. The first kappa shape index (κ1) is 33.9. The zero-order valence-corrected chi connectivity index (χ0v) is 28.3. The van der Waals surface area contributed by atoms with Crippen molar-refractivity contribution in [1.29, 1.82) is 0 Å². The fourth-order valence-corrected chi connectivity index (χ4v) is 8.03. The average molecular weight is 635 g/mol. The Morgan fingerprint density at radius 3 is 2.43 bits per heavy atom. The maximum Gasteiger partial charge on any atom is 0.321 e. The van der Waals surface area contributed by atoms with Crippen LogP contribution < -0.4 is 9.47 Å². The van der Waals surface area contributed by atoms with Crippen LogP contribution >= 0.6 is 0 Å². The van der Waals surface area contributed by atoms with E-state index in [0.29, 0.717) is 11.8 Å². The minimum absolute atomic E-state index is 0.00399. The Balaban J connectivity index is 1.26. The number of halogens is 1. The number of carboxylic acid groups (broad SMARTS) is 1. The van der Waals surface area contributed by atoms with Crippen LogP contribution in [0.2, 0.25) is 0 Å². The quantitative estimate of drug-likeness (QED) is 0.232. The largest absolute Gasteiger partial charge is 0.493 e. The Morgan fingerprint density at radius 2 is 1.80 bits per heavy atom. The van der Waals surface area contributed by atoms with Crippen molar-refractivity contribution >= 4 is 5.97 Å². The highest BCUT2D eigenvalue weighted by molar-refractivity contribution is 5.73. The van der Waals surface area contributed by atoms with Gasteiger partial charge in [0.05, 0.1) is 19.9 Å². The maximum atomic E-state index is 14.3. The predicted molar refractivity (Wildman–Crippen MR) is 178 cm³/mol. The van der Waals surface area contributed by atoms with Gasteiger partial charge in [-0.1, -0.05) is 32.0 Å². The molecule has 8 nitrogen and oxygen atoms in total. The Hall–Kier alpha value is -3.43. The normalized spacial score (nSPS) is 21.6. The summed E-state index contributed by atoms with van der Waals surface area (Å²) in [6.45, 7) is 9.87. The van der Waals surface area contributed by atoms with Crippen molar-refractivity contribution < 1.29 is 23.8 Å². The summed E-state index contributed by atoms with van der Waals surface area (Å²) in [5.41, 5.74) is 4.54. The zero-order chi connectivity index (χ0) is 33.0. The average Bonchev–Trinajstić information content (AvgIpc) is 3.65. The van der Waals surface area contributed by atoms with Gasteiger partial charge in [-0.15, -0.1) is 0 Å². The molecule has 0 radical (unpaired) electrons. The number of likely N-dealkylation sites (tertiary alicyclic amines) is 1. The van der Waals surface area contributed by atoms with Crippen molar-refractivity contribution in [3.63, 3.8) is 0 Å². The number of methoxy groups -OCH3 is 2. The van der Waals surface area contributed by atoms with Gasteiger partial charge in [0.2, 0.25) is 0 Å². The van der Waals surface area contributed by atoms with Crippen LogP contribution in [-0.4, -0.2) is 83.6 Å². The summed E-state index contributed by atoms with van der Waals surface area (Å²) in [6, 6.07) is 14.9. The number of hydrogen-bond acceptors (Lipinski definition) is 6. The molecule has 5 rings (SSSR count). The van der Waals surface area contributed by atoms with Crippen molar-refractivity contribution in [3.05, 3.63) is 76.9 Å². The highest BCUT2D eigenvalue weighted by Gasteiger charge is 2.42. The molecule has 9 heteroatoms. The van der Waals surface area contributed by atoms with Crippen LogP contribution in [0.3, 0.4) is 0 Å².